The van der Waals surface area contributed by atoms with Crippen LogP contribution in [-0.2, 0) is 16.1 Å². The van der Waals surface area contributed by atoms with Crippen LogP contribution in [0.3, 0.4) is 0 Å². The molecule has 5 rings (SSSR count). The highest BCUT2D eigenvalue weighted by Crippen LogP contribution is 2.38. The number of fused-ring (bicyclic) bond motifs is 1. The summed E-state index contributed by atoms with van der Waals surface area (Å²) in [5, 5.41) is 11.1. The van der Waals surface area contributed by atoms with Gasteiger partial charge in [0.25, 0.3) is 11.2 Å². The molecular weight excluding hydrogens is 770 g/mol. The average molecular weight is 802 g/mol. The Hall–Kier alpha value is -4.27. The highest BCUT2D eigenvalue weighted by molar-refractivity contribution is 9.11. The Kier molecular flexibility index (Phi) is 10.9. The number of non-ortho nitro benzene ring substituents is 1. The summed E-state index contributed by atoms with van der Waals surface area (Å²) in [5.41, 5.74) is 2.31. The summed E-state index contributed by atoms with van der Waals surface area (Å²) >= 11 is 8.32. The molecule has 48 heavy (non-hydrogen) atoms. The van der Waals surface area contributed by atoms with Crippen molar-refractivity contribution in [3.05, 3.63) is 121 Å². The Morgan fingerprint density at radius 1 is 1.12 bits per heavy atom. The summed E-state index contributed by atoms with van der Waals surface area (Å²) in [5.74, 6) is 0.932. The van der Waals surface area contributed by atoms with Crippen molar-refractivity contribution in [2.75, 3.05) is 13.7 Å². The van der Waals surface area contributed by atoms with E-state index in [-0.39, 0.29) is 36.1 Å². The first-order valence-electron chi connectivity index (χ1n) is 14.8. The molecule has 0 N–H and O–H groups in total. The van der Waals surface area contributed by atoms with Crippen LogP contribution in [0.1, 0.15) is 50.4 Å². The third kappa shape index (κ3) is 7.40. The number of hydrogen-bond acceptors (Lipinski definition) is 10. The van der Waals surface area contributed by atoms with E-state index in [1.807, 2.05) is 13.8 Å². The number of carbonyl (C=O) groups excluding carboxylic acids is 1. The van der Waals surface area contributed by atoms with E-state index in [0.29, 0.717) is 57.9 Å². The molecule has 1 aromatic heterocycles. The minimum absolute atomic E-state index is 0.0193. The van der Waals surface area contributed by atoms with Gasteiger partial charge in [0.2, 0.25) is 0 Å². The summed E-state index contributed by atoms with van der Waals surface area (Å²) in [6.45, 7) is 7.53. The van der Waals surface area contributed by atoms with Crippen molar-refractivity contribution < 1.29 is 28.7 Å². The molecule has 0 fully saturated rings. The SMILES string of the molecule is CCOC(=O)C1=C(C)N=c2s/c(=C\c3cc(Br)c(OCc4cccc([N+](=O)[O-])c4)c(Br)c3)c(=O)n2[C@H]1c1ccc(OC(C)C)c(OC)c1. The van der Waals surface area contributed by atoms with Gasteiger partial charge in [-0.3, -0.25) is 19.5 Å². The summed E-state index contributed by atoms with van der Waals surface area (Å²) in [7, 11) is 1.53. The molecule has 250 valence electrons. The van der Waals surface area contributed by atoms with E-state index in [4.69, 9.17) is 18.9 Å². The summed E-state index contributed by atoms with van der Waals surface area (Å²) in [6.07, 6.45) is 1.65. The van der Waals surface area contributed by atoms with E-state index in [2.05, 4.69) is 36.9 Å². The van der Waals surface area contributed by atoms with Crippen LogP contribution in [0.25, 0.3) is 6.08 Å². The zero-order valence-corrected chi connectivity index (χ0v) is 30.6. The monoisotopic (exact) mass is 799 g/mol. The number of allylic oxidation sites excluding steroid dienone is 1. The lowest BCUT2D eigenvalue weighted by atomic mass is 9.95. The van der Waals surface area contributed by atoms with Crippen molar-refractivity contribution in [2.45, 2.75) is 46.4 Å². The van der Waals surface area contributed by atoms with Crippen LogP contribution in [0.4, 0.5) is 5.69 Å². The molecule has 0 saturated carbocycles. The second-order valence-electron chi connectivity index (χ2n) is 10.9. The Balaban J connectivity index is 1.55. The van der Waals surface area contributed by atoms with E-state index in [0.717, 1.165) is 0 Å². The van der Waals surface area contributed by atoms with Crippen molar-refractivity contribution >= 4 is 60.9 Å². The quantitative estimate of drug-likeness (QED) is 0.0942. The second-order valence-corrected chi connectivity index (χ2v) is 13.6. The number of nitro groups is 1. The Labute approximate surface area is 296 Å². The summed E-state index contributed by atoms with van der Waals surface area (Å²) in [6, 6.07) is 14.3. The lowest BCUT2D eigenvalue weighted by Crippen LogP contribution is -2.40. The minimum atomic E-state index is -0.826. The van der Waals surface area contributed by atoms with E-state index < -0.39 is 16.9 Å². The van der Waals surface area contributed by atoms with Gasteiger partial charge in [-0.05, 0) is 107 Å². The molecule has 0 spiro atoms. The molecule has 1 aliphatic heterocycles. The molecular formula is C34H31Br2N3O8S. The van der Waals surface area contributed by atoms with E-state index >= 15 is 0 Å². The van der Waals surface area contributed by atoms with E-state index in [9.17, 15) is 19.7 Å². The fraction of sp³-hybridized carbons (Fsp3) is 0.265. The highest BCUT2D eigenvalue weighted by atomic mass is 79.9. The van der Waals surface area contributed by atoms with Gasteiger partial charge < -0.3 is 18.9 Å². The predicted octanol–water partition coefficient (Wildman–Crippen LogP) is 6.61. The van der Waals surface area contributed by atoms with Crippen molar-refractivity contribution in [3.63, 3.8) is 0 Å². The number of nitro benzene ring substituents is 1. The highest BCUT2D eigenvalue weighted by Gasteiger charge is 2.34. The van der Waals surface area contributed by atoms with E-state index in [1.54, 1.807) is 62.4 Å². The van der Waals surface area contributed by atoms with Gasteiger partial charge in [0.15, 0.2) is 16.3 Å². The van der Waals surface area contributed by atoms with Crippen molar-refractivity contribution in [1.82, 2.24) is 4.57 Å². The van der Waals surface area contributed by atoms with Crippen molar-refractivity contribution in [1.29, 1.82) is 0 Å². The smallest absolute Gasteiger partial charge is 0.338 e. The number of carbonyl (C=O) groups is 1. The molecule has 0 unspecified atom stereocenters. The number of rotatable bonds is 11. The maximum Gasteiger partial charge on any atom is 0.338 e. The van der Waals surface area contributed by atoms with Gasteiger partial charge >= 0.3 is 5.97 Å². The third-order valence-electron chi connectivity index (χ3n) is 7.21. The topological polar surface area (TPSA) is 131 Å². The number of thiazole rings is 1. The molecule has 4 aromatic rings. The van der Waals surface area contributed by atoms with Crippen LogP contribution in [0.5, 0.6) is 17.2 Å². The molecule has 0 radical (unpaired) electrons. The Morgan fingerprint density at radius 2 is 1.85 bits per heavy atom. The first-order chi connectivity index (χ1) is 22.9. The van der Waals surface area contributed by atoms with Crippen molar-refractivity contribution in [2.24, 2.45) is 4.99 Å². The molecule has 0 saturated heterocycles. The number of hydrogen-bond donors (Lipinski definition) is 0. The number of halogens is 2. The van der Waals surface area contributed by atoms with Gasteiger partial charge in [-0.15, -0.1) is 0 Å². The van der Waals surface area contributed by atoms with Crippen LogP contribution in [-0.4, -0.2) is 35.3 Å². The Morgan fingerprint density at radius 3 is 2.50 bits per heavy atom. The summed E-state index contributed by atoms with van der Waals surface area (Å²) in [4.78, 5) is 43.2. The first-order valence-corrected chi connectivity index (χ1v) is 17.2. The first kappa shape index (κ1) is 35.0. The predicted molar refractivity (Wildman–Crippen MR) is 188 cm³/mol. The number of aromatic nitrogens is 1. The third-order valence-corrected chi connectivity index (χ3v) is 9.37. The van der Waals surface area contributed by atoms with Gasteiger partial charge in [-0.2, -0.15) is 0 Å². The van der Waals surface area contributed by atoms with Gasteiger partial charge in [0, 0.05) is 12.1 Å². The number of methoxy groups -OCH3 is 1. The molecule has 2 heterocycles. The van der Waals surface area contributed by atoms with Gasteiger partial charge in [-0.25, -0.2) is 9.79 Å². The number of nitrogens with zero attached hydrogens (tertiary/aromatic N) is 3. The molecule has 0 amide bonds. The zero-order chi connectivity index (χ0) is 34.7. The Bertz CT molecular complexity index is 2100. The lowest BCUT2D eigenvalue weighted by molar-refractivity contribution is -0.384. The molecule has 1 atom stereocenters. The second kappa shape index (κ2) is 14.9. The largest absolute Gasteiger partial charge is 0.493 e. The molecule has 1 aliphatic rings. The molecule has 0 aliphatic carbocycles. The van der Waals surface area contributed by atoms with Crippen LogP contribution in [0.2, 0.25) is 0 Å². The number of esters is 1. The normalized spacial score (nSPS) is 14.4. The fourth-order valence-corrected chi connectivity index (χ4v) is 7.68. The average Bonchev–Trinajstić information content (AvgIpc) is 3.33. The van der Waals surface area contributed by atoms with Crippen molar-refractivity contribution in [3.8, 4) is 17.2 Å². The molecule has 0 bridgehead atoms. The van der Waals surface area contributed by atoms with Crippen LogP contribution in [0, 0.1) is 10.1 Å². The van der Waals surface area contributed by atoms with Gasteiger partial charge in [0.05, 0.1) is 55.5 Å². The maximum atomic E-state index is 14.1. The number of ether oxygens (including phenoxy) is 4. The van der Waals surface area contributed by atoms with Gasteiger partial charge in [-0.1, -0.05) is 29.5 Å². The van der Waals surface area contributed by atoms with Crippen LogP contribution >= 0.6 is 43.2 Å². The van der Waals surface area contributed by atoms with Gasteiger partial charge in [0.1, 0.15) is 12.4 Å². The number of benzene rings is 3. The maximum absolute atomic E-state index is 14.1. The van der Waals surface area contributed by atoms with E-state index in [1.165, 1.54) is 35.1 Å². The zero-order valence-electron chi connectivity index (χ0n) is 26.6. The molecule has 3 aromatic carbocycles. The standard InChI is InChI=1S/C34H31Br2N3O8S/c1-6-45-33(41)29-19(4)37-34-38(30(29)22-10-11-26(47-18(2)3)27(16-22)44-5)32(40)28(48-34)15-21-13-24(35)31(25(36)14-21)46-17-20-8-7-9-23(12-20)39(42)43/h7-16,18,30H,6,17H2,1-5H3/b28-15-/t30-/m0/s1. The lowest BCUT2D eigenvalue weighted by Gasteiger charge is -2.25. The molecule has 14 heteroatoms. The molecule has 11 nitrogen and oxygen atoms in total. The van der Waals surface area contributed by atoms with Crippen LogP contribution < -0.4 is 29.1 Å². The summed E-state index contributed by atoms with van der Waals surface area (Å²) < 4.78 is 26.0. The minimum Gasteiger partial charge on any atom is -0.493 e. The fourth-order valence-electron chi connectivity index (χ4n) is 5.18. The van der Waals surface area contributed by atoms with Crippen LogP contribution in [0.15, 0.2) is 84.6 Å².